The van der Waals surface area contributed by atoms with Gasteiger partial charge in [0.25, 0.3) is 5.91 Å². The lowest BCUT2D eigenvalue weighted by molar-refractivity contribution is -0.121. The standard InChI is InChI=1S/C22H29N5O5S/c1-2-8-25-9-11-26(12-10-25)33(29,30)17-6-7-19-18(13-17)27(21(28)15-31-19)14-20-23-22(32-24-20)16-4-3-5-16/h6-7,13,16H,2-5,8-12,14-15H2,1H3. The Morgan fingerprint density at radius 1 is 1.15 bits per heavy atom. The van der Waals surface area contributed by atoms with Crippen LogP contribution in [0.3, 0.4) is 0 Å². The molecule has 2 aliphatic heterocycles. The number of carbonyl (C=O) groups is 1. The van der Waals surface area contributed by atoms with Crippen LogP contribution < -0.4 is 9.64 Å². The van der Waals surface area contributed by atoms with Crippen molar-refractivity contribution in [2.45, 2.75) is 50.0 Å². The number of amides is 1. The van der Waals surface area contributed by atoms with Crippen molar-refractivity contribution < 1.29 is 22.5 Å². The number of carbonyl (C=O) groups excluding carboxylic acids is 1. The Labute approximate surface area is 193 Å². The maximum atomic E-state index is 13.3. The molecule has 178 valence electrons. The first kappa shape index (κ1) is 22.3. The van der Waals surface area contributed by atoms with Gasteiger partial charge in [0.05, 0.1) is 17.1 Å². The number of fused-ring (bicyclic) bond motifs is 1. The number of ether oxygens (including phenoxy) is 1. The van der Waals surface area contributed by atoms with Crippen molar-refractivity contribution in [2.75, 3.05) is 44.2 Å². The summed E-state index contributed by atoms with van der Waals surface area (Å²) < 4.78 is 39.1. The molecule has 1 aliphatic carbocycles. The topological polar surface area (TPSA) is 109 Å². The number of hydrogen-bond donors (Lipinski definition) is 0. The van der Waals surface area contributed by atoms with Crippen molar-refractivity contribution in [1.29, 1.82) is 0 Å². The number of anilines is 1. The smallest absolute Gasteiger partial charge is 0.265 e. The van der Waals surface area contributed by atoms with Crippen molar-refractivity contribution in [3.05, 3.63) is 29.9 Å². The van der Waals surface area contributed by atoms with Gasteiger partial charge in [-0.15, -0.1) is 0 Å². The van der Waals surface area contributed by atoms with E-state index in [9.17, 15) is 13.2 Å². The highest BCUT2D eigenvalue weighted by Crippen LogP contribution is 2.37. The molecule has 11 heteroatoms. The summed E-state index contributed by atoms with van der Waals surface area (Å²) in [5.74, 6) is 1.49. The summed E-state index contributed by atoms with van der Waals surface area (Å²) in [7, 11) is -3.69. The molecule has 1 aromatic carbocycles. The zero-order chi connectivity index (χ0) is 23.0. The van der Waals surface area contributed by atoms with Gasteiger partial charge < -0.3 is 14.2 Å². The summed E-state index contributed by atoms with van der Waals surface area (Å²) in [6.45, 7) is 5.40. The van der Waals surface area contributed by atoms with Crippen LogP contribution in [0.5, 0.6) is 5.75 Å². The van der Waals surface area contributed by atoms with Crippen LogP contribution in [-0.4, -0.2) is 73.0 Å². The first-order valence-corrected chi connectivity index (χ1v) is 13.0. The third-order valence-electron chi connectivity index (χ3n) is 6.62. The summed E-state index contributed by atoms with van der Waals surface area (Å²) in [6, 6.07) is 4.68. The SMILES string of the molecule is CCCN1CCN(S(=O)(=O)c2ccc3c(c2)N(Cc2noc(C4CCC4)n2)C(=O)CO3)CC1. The number of rotatable bonds is 7. The van der Waals surface area contributed by atoms with Crippen LogP contribution in [0, 0.1) is 0 Å². The Hall–Kier alpha value is -2.50. The summed E-state index contributed by atoms with van der Waals surface area (Å²) >= 11 is 0. The molecule has 5 rings (SSSR count). The third-order valence-corrected chi connectivity index (χ3v) is 8.51. The van der Waals surface area contributed by atoms with Crippen molar-refractivity contribution in [3.63, 3.8) is 0 Å². The van der Waals surface area contributed by atoms with Gasteiger partial charge in [-0.3, -0.25) is 9.69 Å². The minimum absolute atomic E-state index is 0.102. The molecule has 3 heterocycles. The van der Waals surface area contributed by atoms with Crippen LogP contribution in [0.1, 0.15) is 50.2 Å². The predicted octanol–water partition coefficient (Wildman–Crippen LogP) is 1.98. The molecule has 1 aromatic heterocycles. The maximum absolute atomic E-state index is 13.3. The van der Waals surface area contributed by atoms with Gasteiger partial charge in [-0.1, -0.05) is 18.5 Å². The van der Waals surface area contributed by atoms with Crippen molar-refractivity contribution in [2.24, 2.45) is 0 Å². The van der Waals surface area contributed by atoms with E-state index >= 15 is 0 Å². The molecule has 33 heavy (non-hydrogen) atoms. The van der Waals surface area contributed by atoms with Gasteiger partial charge in [0.15, 0.2) is 12.4 Å². The van der Waals surface area contributed by atoms with E-state index in [4.69, 9.17) is 9.26 Å². The van der Waals surface area contributed by atoms with Gasteiger partial charge >= 0.3 is 0 Å². The van der Waals surface area contributed by atoms with Crippen molar-refractivity contribution >= 4 is 21.6 Å². The lowest BCUT2D eigenvalue weighted by atomic mass is 9.85. The fraction of sp³-hybridized carbons (Fsp3) is 0.591. The highest BCUT2D eigenvalue weighted by Gasteiger charge is 2.33. The molecule has 0 N–H and O–H groups in total. The van der Waals surface area contributed by atoms with Crippen LogP contribution in [0.15, 0.2) is 27.6 Å². The molecule has 1 saturated carbocycles. The quantitative estimate of drug-likeness (QED) is 0.598. The van der Waals surface area contributed by atoms with Gasteiger partial charge in [-0.25, -0.2) is 8.42 Å². The van der Waals surface area contributed by atoms with E-state index in [1.54, 1.807) is 12.1 Å². The van der Waals surface area contributed by atoms with E-state index in [0.717, 1.165) is 32.2 Å². The summed E-state index contributed by atoms with van der Waals surface area (Å²) in [5.41, 5.74) is 0.409. The van der Waals surface area contributed by atoms with Crippen LogP contribution in [0.25, 0.3) is 0 Å². The highest BCUT2D eigenvalue weighted by atomic mass is 32.2. The zero-order valence-corrected chi connectivity index (χ0v) is 19.6. The zero-order valence-electron chi connectivity index (χ0n) is 18.8. The highest BCUT2D eigenvalue weighted by molar-refractivity contribution is 7.89. The largest absolute Gasteiger partial charge is 0.482 e. The maximum Gasteiger partial charge on any atom is 0.265 e. The Morgan fingerprint density at radius 2 is 1.94 bits per heavy atom. The predicted molar refractivity (Wildman–Crippen MR) is 120 cm³/mol. The molecule has 2 aromatic rings. The molecule has 0 unspecified atom stereocenters. The lowest BCUT2D eigenvalue weighted by Crippen LogP contribution is -2.48. The number of nitrogens with zero attached hydrogens (tertiary/aromatic N) is 5. The van der Waals surface area contributed by atoms with E-state index in [1.165, 1.54) is 15.3 Å². The van der Waals surface area contributed by atoms with Gasteiger partial charge in [0.1, 0.15) is 5.75 Å². The van der Waals surface area contributed by atoms with Crippen LogP contribution >= 0.6 is 0 Å². The number of piperazine rings is 1. The molecule has 2 fully saturated rings. The van der Waals surface area contributed by atoms with Gasteiger partial charge in [-0.05, 0) is 44.0 Å². The van der Waals surface area contributed by atoms with Gasteiger partial charge in [0, 0.05) is 32.1 Å². The van der Waals surface area contributed by atoms with E-state index in [2.05, 4.69) is 22.0 Å². The Kier molecular flexibility index (Phi) is 6.11. The molecular formula is C22H29N5O5S. The number of aromatic nitrogens is 2. The average molecular weight is 476 g/mol. The fourth-order valence-corrected chi connectivity index (χ4v) is 5.91. The molecule has 3 aliphatic rings. The molecule has 0 radical (unpaired) electrons. The minimum Gasteiger partial charge on any atom is -0.482 e. The molecular weight excluding hydrogens is 446 g/mol. The molecule has 0 bridgehead atoms. The summed E-state index contributed by atoms with van der Waals surface area (Å²) in [6.07, 6.45) is 4.27. The average Bonchev–Trinajstić information content (AvgIpc) is 3.22. The first-order chi connectivity index (χ1) is 16.0. The molecule has 1 saturated heterocycles. The summed E-state index contributed by atoms with van der Waals surface area (Å²) in [5, 5.41) is 4.04. The number of sulfonamides is 1. The first-order valence-electron chi connectivity index (χ1n) is 11.6. The Morgan fingerprint density at radius 3 is 2.64 bits per heavy atom. The van der Waals surface area contributed by atoms with Gasteiger partial charge in [0.2, 0.25) is 15.9 Å². The number of hydrogen-bond acceptors (Lipinski definition) is 8. The normalized spacial score (nSPS) is 20.4. The van der Waals surface area contributed by atoms with Crippen molar-refractivity contribution in [3.8, 4) is 5.75 Å². The van der Waals surface area contributed by atoms with E-state index in [1.807, 2.05) is 0 Å². The molecule has 10 nitrogen and oxygen atoms in total. The molecule has 1 amide bonds. The monoisotopic (exact) mass is 475 g/mol. The van der Waals surface area contributed by atoms with Crippen LogP contribution in [0.4, 0.5) is 5.69 Å². The Bertz CT molecular complexity index is 1120. The summed E-state index contributed by atoms with van der Waals surface area (Å²) in [4.78, 5) is 21.0. The van der Waals surface area contributed by atoms with Crippen LogP contribution in [-0.2, 0) is 21.4 Å². The fourth-order valence-electron chi connectivity index (χ4n) is 4.47. The minimum atomic E-state index is -3.69. The second-order valence-corrected chi connectivity index (χ2v) is 10.8. The Balaban J connectivity index is 1.37. The third kappa shape index (κ3) is 4.36. The van der Waals surface area contributed by atoms with E-state index in [0.29, 0.717) is 55.2 Å². The molecule has 0 spiro atoms. The van der Waals surface area contributed by atoms with Crippen molar-refractivity contribution in [1.82, 2.24) is 19.3 Å². The van der Waals surface area contributed by atoms with Crippen LogP contribution in [0.2, 0.25) is 0 Å². The van der Waals surface area contributed by atoms with E-state index < -0.39 is 10.0 Å². The van der Waals surface area contributed by atoms with Gasteiger partial charge in [-0.2, -0.15) is 9.29 Å². The molecule has 0 atom stereocenters. The second kappa shape index (κ2) is 9.03. The number of benzene rings is 1. The second-order valence-electron chi connectivity index (χ2n) is 8.82. The lowest BCUT2D eigenvalue weighted by Gasteiger charge is -2.34. The van der Waals surface area contributed by atoms with E-state index in [-0.39, 0.29) is 24.0 Å².